The van der Waals surface area contributed by atoms with Crippen LogP contribution in [-0.4, -0.2) is 20.7 Å². The van der Waals surface area contributed by atoms with Crippen molar-refractivity contribution in [1.29, 1.82) is 0 Å². The van der Waals surface area contributed by atoms with Crippen molar-refractivity contribution in [1.82, 2.24) is 14.8 Å². The van der Waals surface area contributed by atoms with Crippen LogP contribution in [0.25, 0.3) is 0 Å². The zero-order valence-corrected chi connectivity index (χ0v) is 17.2. The van der Waals surface area contributed by atoms with Gasteiger partial charge in [-0.2, -0.15) is 0 Å². The molecule has 3 rings (SSSR count). The summed E-state index contributed by atoms with van der Waals surface area (Å²) in [5, 5.41) is 11.7. The third-order valence-electron chi connectivity index (χ3n) is 4.47. The van der Waals surface area contributed by atoms with Gasteiger partial charge in [0.15, 0.2) is 5.16 Å². The topological polar surface area (TPSA) is 59.8 Å². The first-order valence-corrected chi connectivity index (χ1v) is 10.5. The molecule has 0 radical (unpaired) electrons. The SMILES string of the molecule is CCCCCn1cnnc1S[C@H](C(=O)Nc1ccc(C)cc1)c1ccccc1. The Morgan fingerprint density at radius 1 is 1.11 bits per heavy atom. The van der Waals surface area contributed by atoms with Crippen molar-refractivity contribution >= 4 is 23.4 Å². The van der Waals surface area contributed by atoms with E-state index in [2.05, 4.69) is 22.4 Å². The highest BCUT2D eigenvalue weighted by Gasteiger charge is 2.24. The molecular formula is C22H26N4OS. The second kappa shape index (κ2) is 10.1. The van der Waals surface area contributed by atoms with Crippen LogP contribution in [0.3, 0.4) is 0 Å². The van der Waals surface area contributed by atoms with Crippen molar-refractivity contribution in [3.8, 4) is 0 Å². The Kier molecular flexibility index (Phi) is 7.25. The number of nitrogens with one attached hydrogen (secondary N) is 1. The minimum Gasteiger partial charge on any atom is -0.325 e. The molecule has 0 aliphatic heterocycles. The minimum absolute atomic E-state index is 0.0665. The van der Waals surface area contributed by atoms with Crippen molar-refractivity contribution in [2.24, 2.45) is 0 Å². The van der Waals surface area contributed by atoms with Gasteiger partial charge in [0.25, 0.3) is 0 Å². The van der Waals surface area contributed by atoms with Gasteiger partial charge in [0.2, 0.25) is 5.91 Å². The number of thioether (sulfide) groups is 1. The van der Waals surface area contributed by atoms with Gasteiger partial charge in [-0.3, -0.25) is 4.79 Å². The highest BCUT2D eigenvalue weighted by molar-refractivity contribution is 8.00. The van der Waals surface area contributed by atoms with Crippen molar-refractivity contribution in [3.63, 3.8) is 0 Å². The first-order valence-electron chi connectivity index (χ1n) is 9.64. The van der Waals surface area contributed by atoms with E-state index in [4.69, 9.17) is 0 Å². The lowest BCUT2D eigenvalue weighted by Gasteiger charge is -2.17. The average molecular weight is 395 g/mol. The van der Waals surface area contributed by atoms with Gasteiger partial charge >= 0.3 is 0 Å². The van der Waals surface area contributed by atoms with Crippen molar-refractivity contribution in [3.05, 3.63) is 72.1 Å². The number of anilines is 1. The molecule has 146 valence electrons. The quantitative estimate of drug-likeness (QED) is 0.398. The predicted octanol–water partition coefficient (Wildman–Crippen LogP) is 5.25. The predicted molar refractivity (Wildman–Crippen MR) is 114 cm³/mol. The lowest BCUT2D eigenvalue weighted by atomic mass is 10.1. The lowest BCUT2D eigenvalue weighted by molar-refractivity contribution is -0.115. The van der Waals surface area contributed by atoms with E-state index in [9.17, 15) is 4.79 Å². The molecule has 0 unspecified atom stereocenters. The van der Waals surface area contributed by atoms with Crippen molar-refractivity contribution in [2.75, 3.05) is 5.32 Å². The van der Waals surface area contributed by atoms with Crippen LogP contribution in [0.15, 0.2) is 66.1 Å². The van der Waals surface area contributed by atoms with Gasteiger partial charge in [-0.25, -0.2) is 0 Å². The van der Waals surface area contributed by atoms with Crippen LogP contribution in [0.2, 0.25) is 0 Å². The number of nitrogens with zero attached hydrogens (tertiary/aromatic N) is 3. The van der Waals surface area contributed by atoms with E-state index in [1.54, 1.807) is 6.33 Å². The second-order valence-electron chi connectivity index (χ2n) is 6.78. The third-order valence-corrected chi connectivity index (χ3v) is 5.71. The molecule has 0 saturated heterocycles. The Morgan fingerprint density at radius 3 is 2.57 bits per heavy atom. The van der Waals surface area contributed by atoms with Crippen molar-refractivity contribution in [2.45, 2.75) is 50.1 Å². The number of hydrogen-bond acceptors (Lipinski definition) is 4. The van der Waals surface area contributed by atoms with E-state index in [1.165, 1.54) is 11.8 Å². The highest BCUT2D eigenvalue weighted by atomic mass is 32.2. The molecule has 28 heavy (non-hydrogen) atoms. The number of carbonyl (C=O) groups is 1. The van der Waals surface area contributed by atoms with E-state index >= 15 is 0 Å². The first kappa shape index (κ1) is 20.1. The molecule has 6 heteroatoms. The van der Waals surface area contributed by atoms with Gasteiger partial charge < -0.3 is 9.88 Å². The Bertz CT molecular complexity index is 877. The zero-order chi connectivity index (χ0) is 19.8. The summed E-state index contributed by atoms with van der Waals surface area (Å²) in [6.07, 6.45) is 5.15. The Hall–Kier alpha value is -2.60. The van der Waals surface area contributed by atoms with Crippen LogP contribution in [0.5, 0.6) is 0 Å². The van der Waals surface area contributed by atoms with E-state index in [1.807, 2.05) is 66.1 Å². The monoisotopic (exact) mass is 394 g/mol. The molecule has 3 aromatic rings. The number of hydrogen-bond donors (Lipinski definition) is 1. The van der Waals surface area contributed by atoms with Gasteiger partial charge in [-0.15, -0.1) is 10.2 Å². The first-order chi connectivity index (χ1) is 13.7. The number of carbonyl (C=O) groups excluding carboxylic acids is 1. The molecule has 0 aliphatic carbocycles. The summed E-state index contributed by atoms with van der Waals surface area (Å²) in [6, 6.07) is 17.6. The Balaban J connectivity index is 1.79. The molecule has 0 bridgehead atoms. The molecule has 0 fully saturated rings. The summed E-state index contributed by atoms with van der Waals surface area (Å²) in [7, 11) is 0. The molecule has 1 amide bonds. The van der Waals surface area contributed by atoms with Crippen molar-refractivity contribution < 1.29 is 4.79 Å². The molecule has 1 atom stereocenters. The maximum atomic E-state index is 13.1. The largest absolute Gasteiger partial charge is 0.325 e. The minimum atomic E-state index is -0.406. The van der Waals surface area contributed by atoms with Crippen LogP contribution in [0.4, 0.5) is 5.69 Å². The normalized spacial score (nSPS) is 11.9. The molecule has 2 aromatic carbocycles. The summed E-state index contributed by atoms with van der Waals surface area (Å²) < 4.78 is 2.04. The molecule has 1 N–H and O–H groups in total. The van der Waals surface area contributed by atoms with E-state index in [-0.39, 0.29) is 5.91 Å². The lowest BCUT2D eigenvalue weighted by Crippen LogP contribution is -2.19. The average Bonchev–Trinajstić information content (AvgIpc) is 3.16. The van der Waals surface area contributed by atoms with Gasteiger partial charge in [0, 0.05) is 12.2 Å². The van der Waals surface area contributed by atoms with Crippen LogP contribution < -0.4 is 5.32 Å². The van der Waals surface area contributed by atoms with Crippen LogP contribution in [-0.2, 0) is 11.3 Å². The third kappa shape index (κ3) is 5.45. The highest BCUT2D eigenvalue weighted by Crippen LogP contribution is 2.35. The number of rotatable bonds is 9. The van der Waals surface area contributed by atoms with Gasteiger partial charge in [0.05, 0.1) is 0 Å². The van der Waals surface area contributed by atoms with Crippen LogP contribution >= 0.6 is 11.8 Å². The maximum Gasteiger partial charge on any atom is 0.242 e. The number of unbranched alkanes of at least 4 members (excludes halogenated alkanes) is 2. The summed E-state index contributed by atoms with van der Waals surface area (Å²) in [6.45, 7) is 5.08. The van der Waals surface area contributed by atoms with Crippen LogP contribution in [0, 0.1) is 6.92 Å². The summed E-state index contributed by atoms with van der Waals surface area (Å²) in [4.78, 5) is 13.1. The molecular weight excluding hydrogens is 368 g/mol. The Morgan fingerprint density at radius 2 is 1.86 bits per heavy atom. The summed E-state index contributed by atoms with van der Waals surface area (Å²) >= 11 is 1.44. The van der Waals surface area contributed by atoms with Gasteiger partial charge in [-0.05, 0) is 31.0 Å². The molecule has 0 aliphatic rings. The zero-order valence-electron chi connectivity index (χ0n) is 16.3. The fourth-order valence-corrected chi connectivity index (χ4v) is 3.91. The molecule has 0 saturated carbocycles. The smallest absolute Gasteiger partial charge is 0.242 e. The molecule has 1 aromatic heterocycles. The maximum absolute atomic E-state index is 13.1. The standard InChI is InChI=1S/C22H26N4OS/c1-3-4-8-15-26-16-23-25-22(26)28-20(18-9-6-5-7-10-18)21(27)24-19-13-11-17(2)12-14-19/h5-7,9-14,16,20H,3-4,8,15H2,1-2H3,(H,24,27)/t20-/m0/s1. The fourth-order valence-electron chi connectivity index (χ4n) is 2.87. The van der Waals surface area contributed by atoms with Gasteiger partial charge in [-0.1, -0.05) is 79.6 Å². The number of aromatic nitrogens is 3. The second-order valence-corrected chi connectivity index (χ2v) is 7.85. The number of aryl methyl sites for hydroxylation is 2. The Labute approximate surface area is 170 Å². The van der Waals surface area contributed by atoms with E-state index < -0.39 is 5.25 Å². The summed E-state index contributed by atoms with van der Waals surface area (Å²) in [5.41, 5.74) is 2.90. The fraction of sp³-hybridized carbons (Fsp3) is 0.318. The molecule has 5 nitrogen and oxygen atoms in total. The summed E-state index contributed by atoms with van der Waals surface area (Å²) in [5.74, 6) is -0.0665. The van der Waals surface area contributed by atoms with Crippen LogP contribution in [0.1, 0.15) is 42.6 Å². The molecule has 1 heterocycles. The van der Waals surface area contributed by atoms with E-state index in [0.717, 1.165) is 47.8 Å². The molecule has 0 spiro atoms. The van der Waals surface area contributed by atoms with Gasteiger partial charge in [0.1, 0.15) is 11.6 Å². The van der Waals surface area contributed by atoms with E-state index in [0.29, 0.717) is 0 Å². The number of benzene rings is 2. The number of amides is 1.